The van der Waals surface area contributed by atoms with Crippen molar-refractivity contribution in [2.24, 2.45) is 0 Å². The monoisotopic (exact) mass is 406 g/mol. The highest BCUT2D eigenvalue weighted by atomic mass is 35.5. The van der Waals surface area contributed by atoms with E-state index in [-0.39, 0.29) is 11.7 Å². The van der Waals surface area contributed by atoms with Crippen molar-refractivity contribution in [2.45, 2.75) is 39.2 Å². The van der Waals surface area contributed by atoms with Crippen molar-refractivity contribution in [3.8, 4) is 5.75 Å². The minimum absolute atomic E-state index is 0.0882. The quantitative estimate of drug-likeness (QED) is 0.562. The normalized spacial score (nSPS) is 19.5. The number of hydrogen-bond acceptors (Lipinski definition) is 5. The summed E-state index contributed by atoms with van der Waals surface area (Å²) in [6, 6.07) is 4.97. The highest BCUT2D eigenvalue weighted by molar-refractivity contribution is 8.07. The van der Waals surface area contributed by atoms with E-state index in [1.165, 1.54) is 18.9 Å². The van der Waals surface area contributed by atoms with Gasteiger partial charge in [-0.3, -0.25) is 9.59 Å². The first-order valence-corrected chi connectivity index (χ1v) is 10.1. The van der Waals surface area contributed by atoms with Gasteiger partial charge in [0.2, 0.25) is 0 Å². The second-order valence-corrected chi connectivity index (χ2v) is 8.52. The molecular weight excluding hydrogens is 384 g/mol. The molecule has 1 aromatic rings. The first-order valence-electron chi connectivity index (χ1n) is 8.90. The smallest absolute Gasteiger partial charge is 0.269 e. The lowest BCUT2D eigenvalue weighted by Crippen LogP contribution is -2.39. The summed E-state index contributed by atoms with van der Waals surface area (Å²) in [5, 5.41) is 4.25. The van der Waals surface area contributed by atoms with Crippen LogP contribution in [0.1, 0.15) is 44.0 Å². The van der Waals surface area contributed by atoms with E-state index in [0.29, 0.717) is 28.6 Å². The predicted octanol–water partition coefficient (Wildman–Crippen LogP) is 4.34. The Morgan fingerprint density at radius 1 is 1.41 bits per heavy atom. The number of carbonyl (C=O) groups excluding carboxylic acids is 2. The Hall–Kier alpha value is -1.92. The zero-order valence-corrected chi connectivity index (χ0v) is 17.5. The minimum atomic E-state index is -0.437. The van der Waals surface area contributed by atoms with Gasteiger partial charge in [0.05, 0.1) is 23.2 Å². The first kappa shape index (κ1) is 19.8. The summed E-state index contributed by atoms with van der Waals surface area (Å²) < 4.78 is 5.30. The molecule has 27 heavy (non-hydrogen) atoms. The number of allylic oxidation sites excluding steroid dienone is 1. The Balaban J connectivity index is 1.97. The van der Waals surface area contributed by atoms with Gasteiger partial charge < -0.3 is 15.0 Å². The summed E-state index contributed by atoms with van der Waals surface area (Å²) in [5.41, 5.74) is 0.633. The topological polar surface area (TPSA) is 58.6 Å². The molecule has 7 heteroatoms. The van der Waals surface area contributed by atoms with Crippen LogP contribution in [0.3, 0.4) is 0 Å². The predicted molar refractivity (Wildman–Crippen MR) is 109 cm³/mol. The molecule has 0 atom stereocenters. The number of nitrogens with zero attached hydrogens (tertiary/aromatic N) is 1. The number of rotatable bonds is 6. The summed E-state index contributed by atoms with van der Waals surface area (Å²) in [7, 11) is 1.52. The maximum Gasteiger partial charge on any atom is 0.269 e. The zero-order valence-electron chi connectivity index (χ0n) is 15.9. The van der Waals surface area contributed by atoms with Crippen LogP contribution >= 0.6 is 23.4 Å². The molecule has 2 aliphatic rings. The molecule has 2 aliphatic heterocycles. The Bertz CT molecular complexity index is 861. The van der Waals surface area contributed by atoms with Gasteiger partial charge in [0.1, 0.15) is 11.4 Å². The molecule has 0 saturated heterocycles. The van der Waals surface area contributed by atoms with Crippen molar-refractivity contribution in [1.29, 1.82) is 0 Å². The molecule has 0 bridgehead atoms. The number of ketones is 1. The molecule has 0 unspecified atom stereocenters. The lowest BCUT2D eigenvalue weighted by molar-refractivity contribution is -0.118. The van der Waals surface area contributed by atoms with Gasteiger partial charge in [-0.25, -0.2) is 0 Å². The molecule has 1 aromatic carbocycles. The molecule has 1 amide bonds. The van der Waals surface area contributed by atoms with Crippen LogP contribution in [0, 0.1) is 0 Å². The van der Waals surface area contributed by atoms with E-state index in [2.05, 4.69) is 12.2 Å². The second kappa shape index (κ2) is 7.60. The molecule has 0 fully saturated rings. The highest BCUT2D eigenvalue weighted by Crippen LogP contribution is 2.49. The summed E-state index contributed by atoms with van der Waals surface area (Å²) in [4.78, 5) is 28.4. The highest BCUT2D eigenvalue weighted by Gasteiger charge is 2.46. The van der Waals surface area contributed by atoms with Crippen LogP contribution in [0.15, 0.2) is 39.9 Å². The maximum atomic E-state index is 12.9. The molecule has 0 aliphatic carbocycles. The molecule has 1 N–H and O–H groups in total. The van der Waals surface area contributed by atoms with E-state index in [1.54, 1.807) is 24.3 Å². The van der Waals surface area contributed by atoms with Crippen molar-refractivity contribution in [1.82, 2.24) is 10.2 Å². The first-order chi connectivity index (χ1) is 12.8. The van der Waals surface area contributed by atoms with Crippen LogP contribution in [0.5, 0.6) is 5.75 Å². The third kappa shape index (κ3) is 3.73. The minimum Gasteiger partial charge on any atom is -0.496 e. The lowest BCUT2D eigenvalue weighted by atomic mass is 10.1. The third-order valence-electron chi connectivity index (χ3n) is 4.58. The van der Waals surface area contributed by atoms with Crippen molar-refractivity contribution < 1.29 is 14.3 Å². The van der Waals surface area contributed by atoms with Gasteiger partial charge in [0, 0.05) is 22.5 Å². The number of benzene rings is 1. The second-order valence-electron chi connectivity index (χ2n) is 7.06. The number of hydrogen-bond donors (Lipinski definition) is 1. The Morgan fingerprint density at radius 3 is 2.81 bits per heavy atom. The fraction of sp³-hybridized carbons (Fsp3) is 0.400. The van der Waals surface area contributed by atoms with E-state index in [0.717, 1.165) is 22.8 Å². The van der Waals surface area contributed by atoms with Crippen molar-refractivity contribution in [2.75, 3.05) is 13.7 Å². The van der Waals surface area contributed by atoms with Crippen molar-refractivity contribution in [3.63, 3.8) is 0 Å². The molecule has 0 spiro atoms. The molecule has 3 rings (SSSR count). The standard InChI is InChI=1S/C20H23ClN2O3S/c1-5-6-9-23-16(27-18-17(23)19(25)22-20(18,2)3)11-14(24)13-10-12(21)7-8-15(13)26-4/h7-8,10-11H,5-6,9H2,1-4H3,(H,22,25). The Morgan fingerprint density at radius 2 is 2.15 bits per heavy atom. The van der Waals surface area contributed by atoms with E-state index in [9.17, 15) is 9.59 Å². The molecule has 5 nitrogen and oxygen atoms in total. The maximum absolute atomic E-state index is 12.9. The van der Waals surface area contributed by atoms with Crippen molar-refractivity contribution in [3.05, 3.63) is 50.5 Å². The number of methoxy groups -OCH3 is 1. The number of ether oxygens (including phenoxy) is 1. The van der Waals surface area contributed by atoms with Crippen molar-refractivity contribution >= 4 is 35.1 Å². The van der Waals surface area contributed by atoms with Gasteiger partial charge in [0.25, 0.3) is 5.91 Å². The molecule has 0 aromatic heterocycles. The largest absolute Gasteiger partial charge is 0.496 e. The molecule has 2 heterocycles. The average Bonchev–Trinajstić information content (AvgIpc) is 3.08. The molecule has 0 saturated carbocycles. The van der Waals surface area contributed by atoms with Gasteiger partial charge in [-0.15, -0.1) is 0 Å². The van der Waals surface area contributed by atoms with E-state index < -0.39 is 5.54 Å². The Kier molecular flexibility index (Phi) is 5.58. The van der Waals surface area contributed by atoms with Gasteiger partial charge in [-0.05, 0) is 38.5 Å². The zero-order chi connectivity index (χ0) is 19.8. The van der Waals surface area contributed by atoms with Crippen LogP contribution in [-0.4, -0.2) is 35.8 Å². The molecular formula is C20H23ClN2O3S. The van der Waals surface area contributed by atoms with Gasteiger partial charge >= 0.3 is 0 Å². The number of nitrogens with one attached hydrogen (secondary N) is 1. The fourth-order valence-corrected chi connectivity index (χ4v) is 4.64. The molecule has 144 valence electrons. The number of amides is 1. The van der Waals surface area contributed by atoms with E-state index >= 15 is 0 Å². The van der Waals surface area contributed by atoms with Crippen LogP contribution in [0.25, 0.3) is 0 Å². The van der Waals surface area contributed by atoms with Gasteiger partial charge in [-0.1, -0.05) is 36.7 Å². The number of thioether (sulfide) groups is 1. The van der Waals surface area contributed by atoms with E-state index in [1.807, 2.05) is 18.7 Å². The number of carbonyl (C=O) groups is 2. The summed E-state index contributed by atoms with van der Waals surface area (Å²) in [5.74, 6) is 0.190. The third-order valence-corrected chi connectivity index (χ3v) is 6.27. The molecule has 0 radical (unpaired) electrons. The Labute approximate surface area is 168 Å². The van der Waals surface area contributed by atoms with E-state index in [4.69, 9.17) is 16.3 Å². The van der Waals surface area contributed by atoms with Crippen LogP contribution in [0.4, 0.5) is 0 Å². The van der Waals surface area contributed by atoms with Crippen LogP contribution < -0.4 is 10.1 Å². The number of unbranched alkanes of at least 4 members (excludes halogenated alkanes) is 1. The van der Waals surface area contributed by atoms with Crippen LogP contribution in [-0.2, 0) is 4.79 Å². The SMILES string of the molecule is CCCCN1C(=CC(=O)c2cc(Cl)ccc2OC)SC2=C1C(=O)NC2(C)C. The average molecular weight is 407 g/mol. The van der Waals surface area contributed by atoms with Gasteiger partial charge in [0.15, 0.2) is 5.78 Å². The van der Waals surface area contributed by atoms with Gasteiger partial charge in [-0.2, -0.15) is 0 Å². The fourth-order valence-electron chi connectivity index (χ4n) is 3.20. The van der Waals surface area contributed by atoms with Crippen LogP contribution in [0.2, 0.25) is 5.02 Å². The summed E-state index contributed by atoms with van der Waals surface area (Å²) >= 11 is 7.54. The summed E-state index contributed by atoms with van der Waals surface area (Å²) in [6.07, 6.45) is 3.51. The summed E-state index contributed by atoms with van der Waals surface area (Å²) in [6.45, 7) is 6.74. The number of halogens is 1. The lowest BCUT2D eigenvalue weighted by Gasteiger charge is -2.24.